The second-order valence-corrected chi connectivity index (χ2v) is 4.14. The van der Waals surface area contributed by atoms with Gasteiger partial charge < -0.3 is 19.9 Å². The molecule has 1 aromatic carbocycles. The molecule has 0 saturated heterocycles. The molecule has 1 amide bonds. The number of methoxy groups -OCH3 is 1. The highest BCUT2D eigenvalue weighted by molar-refractivity contribution is 5.96. The van der Waals surface area contributed by atoms with E-state index >= 15 is 0 Å². The van der Waals surface area contributed by atoms with Crippen LogP contribution in [0, 0.1) is 0 Å². The summed E-state index contributed by atoms with van der Waals surface area (Å²) in [4.78, 5) is 22.1. The number of carbonyl (C=O) groups is 2. The van der Waals surface area contributed by atoms with Crippen LogP contribution < -0.4 is 14.8 Å². The summed E-state index contributed by atoms with van der Waals surface area (Å²) in [6, 6.07) is 4.74. The van der Waals surface area contributed by atoms with Gasteiger partial charge in [0.15, 0.2) is 11.5 Å². The largest absolute Gasteiger partial charge is 0.493 e. The molecule has 0 heterocycles. The Kier molecular flexibility index (Phi) is 6.36. The molecule has 0 atom stereocenters. The van der Waals surface area contributed by atoms with E-state index in [1.807, 2.05) is 0 Å². The summed E-state index contributed by atoms with van der Waals surface area (Å²) >= 11 is 0. The van der Waals surface area contributed by atoms with Gasteiger partial charge in [-0.15, -0.1) is 0 Å². The number of carbonyl (C=O) groups excluding carboxylic acids is 1. The standard InChI is InChI=1S/C14H19NO5/c1-3-4-7-20-11-6-5-10(8-12(11)19-2)14(18)15-9-13(16)17/h5-6,8H,3-4,7,9H2,1-2H3,(H,15,18)(H,16,17). The number of unbranched alkanes of at least 4 members (excludes halogenated alkanes) is 1. The molecule has 1 aromatic rings. The highest BCUT2D eigenvalue weighted by Gasteiger charge is 2.11. The second kappa shape index (κ2) is 8.04. The number of carboxylic acid groups (broad SMARTS) is 1. The van der Waals surface area contributed by atoms with Crippen LogP contribution in [0.25, 0.3) is 0 Å². The average molecular weight is 281 g/mol. The molecule has 0 aromatic heterocycles. The number of hydrogen-bond donors (Lipinski definition) is 2. The van der Waals surface area contributed by atoms with Gasteiger partial charge in [-0.05, 0) is 24.6 Å². The number of ether oxygens (including phenoxy) is 2. The first-order valence-corrected chi connectivity index (χ1v) is 6.39. The number of hydrogen-bond acceptors (Lipinski definition) is 4. The normalized spacial score (nSPS) is 9.90. The molecule has 0 saturated carbocycles. The van der Waals surface area contributed by atoms with Crippen LogP contribution >= 0.6 is 0 Å². The van der Waals surface area contributed by atoms with Crippen LogP contribution in [0.5, 0.6) is 11.5 Å². The molecular weight excluding hydrogens is 262 g/mol. The van der Waals surface area contributed by atoms with E-state index < -0.39 is 18.4 Å². The third-order valence-electron chi connectivity index (χ3n) is 2.58. The topological polar surface area (TPSA) is 84.9 Å². The molecule has 0 aliphatic carbocycles. The average Bonchev–Trinajstić information content (AvgIpc) is 2.45. The van der Waals surface area contributed by atoms with Crippen LogP contribution in [0.1, 0.15) is 30.1 Å². The lowest BCUT2D eigenvalue weighted by Gasteiger charge is -2.11. The third kappa shape index (κ3) is 4.79. The van der Waals surface area contributed by atoms with Gasteiger partial charge in [0.25, 0.3) is 5.91 Å². The van der Waals surface area contributed by atoms with Crippen LogP contribution in [0.3, 0.4) is 0 Å². The SMILES string of the molecule is CCCCOc1ccc(C(=O)NCC(=O)O)cc1OC. The van der Waals surface area contributed by atoms with Gasteiger partial charge in [0, 0.05) is 5.56 Å². The summed E-state index contributed by atoms with van der Waals surface area (Å²) in [5.41, 5.74) is 0.325. The molecule has 1 rings (SSSR count). The number of carboxylic acids is 1. The van der Waals surface area contributed by atoms with Crippen molar-refractivity contribution < 1.29 is 24.2 Å². The zero-order valence-electron chi connectivity index (χ0n) is 11.6. The number of aliphatic carboxylic acids is 1. The van der Waals surface area contributed by atoms with Gasteiger partial charge in [0.2, 0.25) is 0 Å². The lowest BCUT2D eigenvalue weighted by Crippen LogP contribution is -2.29. The maximum atomic E-state index is 11.7. The first kappa shape index (κ1) is 15.8. The molecule has 0 aliphatic heterocycles. The van der Waals surface area contributed by atoms with Crippen LogP contribution in [0.15, 0.2) is 18.2 Å². The molecule has 0 unspecified atom stereocenters. The minimum atomic E-state index is -1.09. The molecule has 0 bridgehead atoms. The Morgan fingerprint density at radius 1 is 1.30 bits per heavy atom. The Morgan fingerprint density at radius 2 is 2.05 bits per heavy atom. The van der Waals surface area contributed by atoms with Gasteiger partial charge in [-0.3, -0.25) is 9.59 Å². The van der Waals surface area contributed by atoms with Crippen molar-refractivity contribution in [2.24, 2.45) is 0 Å². The Hall–Kier alpha value is -2.24. The number of amides is 1. The van der Waals surface area contributed by atoms with Crippen LogP contribution in [-0.2, 0) is 4.79 Å². The van der Waals surface area contributed by atoms with Crippen molar-refractivity contribution in [3.8, 4) is 11.5 Å². The third-order valence-corrected chi connectivity index (χ3v) is 2.58. The highest BCUT2D eigenvalue weighted by Crippen LogP contribution is 2.28. The monoisotopic (exact) mass is 281 g/mol. The van der Waals surface area contributed by atoms with E-state index in [0.29, 0.717) is 23.7 Å². The number of nitrogens with one attached hydrogen (secondary N) is 1. The molecule has 0 spiro atoms. The Balaban J connectivity index is 2.75. The predicted molar refractivity (Wildman–Crippen MR) is 73.4 cm³/mol. The van der Waals surface area contributed by atoms with E-state index in [9.17, 15) is 9.59 Å². The summed E-state index contributed by atoms with van der Waals surface area (Å²) in [5, 5.41) is 10.8. The fourth-order valence-electron chi connectivity index (χ4n) is 1.51. The Labute approximate surface area is 117 Å². The van der Waals surface area contributed by atoms with E-state index in [0.717, 1.165) is 12.8 Å². The highest BCUT2D eigenvalue weighted by atomic mass is 16.5. The van der Waals surface area contributed by atoms with E-state index in [4.69, 9.17) is 14.6 Å². The quantitative estimate of drug-likeness (QED) is 0.708. The molecule has 0 radical (unpaired) electrons. The summed E-state index contributed by atoms with van der Waals surface area (Å²) in [6.07, 6.45) is 1.96. The van der Waals surface area contributed by atoms with E-state index in [1.54, 1.807) is 12.1 Å². The van der Waals surface area contributed by atoms with Crippen molar-refractivity contribution in [1.82, 2.24) is 5.32 Å². The summed E-state index contributed by atoms with van der Waals surface area (Å²) in [7, 11) is 1.49. The Bertz CT molecular complexity index is 473. The van der Waals surface area contributed by atoms with Gasteiger partial charge in [0.1, 0.15) is 6.54 Å². The maximum absolute atomic E-state index is 11.7. The molecule has 20 heavy (non-hydrogen) atoms. The number of benzene rings is 1. The van der Waals surface area contributed by atoms with Crippen molar-refractivity contribution in [3.63, 3.8) is 0 Å². The van der Waals surface area contributed by atoms with Gasteiger partial charge >= 0.3 is 5.97 Å². The molecule has 6 heteroatoms. The molecule has 0 fully saturated rings. The molecule has 0 aliphatic rings. The zero-order chi connectivity index (χ0) is 15.0. The van der Waals surface area contributed by atoms with Crippen molar-refractivity contribution in [2.45, 2.75) is 19.8 Å². The first-order chi connectivity index (χ1) is 9.58. The van der Waals surface area contributed by atoms with Crippen LogP contribution in [0.2, 0.25) is 0 Å². The van der Waals surface area contributed by atoms with Gasteiger partial charge in [0.05, 0.1) is 13.7 Å². The molecular formula is C14H19NO5. The summed E-state index contributed by atoms with van der Waals surface area (Å²) in [5.74, 6) is -0.546. The first-order valence-electron chi connectivity index (χ1n) is 6.39. The lowest BCUT2D eigenvalue weighted by atomic mass is 10.2. The fraction of sp³-hybridized carbons (Fsp3) is 0.429. The minimum absolute atomic E-state index is 0.325. The van der Waals surface area contributed by atoms with Gasteiger partial charge in [-0.2, -0.15) is 0 Å². The Morgan fingerprint density at radius 3 is 2.65 bits per heavy atom. The van der Waals surface area contributed by atoms with Crippen molar-refractivity contribution in [1.29, 1.82) is 0 Å². The van der Waals surface area contributed by atoms with E-state index in [-0.39, 0.29) is 0 Å². The number of rotatable bonds is 8. The van der Waals surface area contributed by atoms with Crippen molar-refractivity contribution in [2.75, 3.05) is 20.3 Å². The lowest BCUT2D eigenvalue weighted by molar-refractivity contribution is -0.135. The summed E-state index contributed by atoms with van der Waals surface area (Å²) in [6.45, 7) is 2.23. The minimum Gasteiger partial charge on any atom is -0.493 e. The van der Waals surface area contributed by atoms with Gasteiger partial charge in [-0.1, -0.05) is 13.3 Å². The fourth-order valence-corrected chi connectivity index (χ4v) is 1.51. The summed E-state index contributed by atoms with van der Waals surface area (Å²) < 4.78 is 10.7. The van der Waals surface area contributed by atoms with Crippen molar-refractivity contribution in [3.05, 3.63) is 23.8 Å². The molecule has 2 N–H and O–H groups in total. The van der Waals surface area contributed by atoms with Crippen LogP contribution in [-0.4, -0.2) is 37.2 Å². The second-order valence-electron chi connectivity index (χ2n) is 4.14. The van der Waals surface area contributed by atoms with E-state index in [1.165, 1.54) is 13.2 Å². The maximum Gasteiger partial charge on any atom is 0.322 e. The molecule has 6 nitrogen and oxygen atoms in total. The predicted octanol–water partition coefficient (Wildman–Crippen LogP) is 1.69. The van der Waals surface area contributed by atoms with E-state index in [2.05, 4.69) is 12.2 Å². The zero-order valence-corrected chi connectivity index (χ0v) is 11.6. The smallest absolute Gasteiger partial charge is 0.322 e. The van der Waals surface area contributed by atoms with Gasteiger partial charge in [-0.25, -0.2) is 0 Å². The molecule has 110 valence electrons. The van der Waals surface area contributed by atoms with Crippen LogP contribution in [0.4, 0.5) is 0 Å². The van der Waals surface area contributed by atoms with Crippen molar-refractivity contribution >= 4 is 11.9 Å².